The molecule has 0 spiro atoms. The summed E-state index contributed by atoms with van der Waals surface area (Å²) in [5.41, 5.74) is -3.02. The summed E-state index contributed by atoms with van der Waals surface area (Å²) in [6.07, 6.45) is -6.66. The van der Waals surface area contributed by atoms with Crippen LogP contribution in [0.4, 0.5) is 36.4 Å². The van der Waals surface area contributed by atoms with Gasteiger partial charge in [-0.25, -0.2) is 14.2 Å². The smallest absolute Gasteiger partial charge is 0.417 e. The van der Waals surface area contributed by atoms with Gasteiger partial charge in [-0.05, 0) is 65.5 Å². The number of ether oxygens (including phenoxy) is 1. The van der Waals surface area contributed by atoms with Crippen molar-refractivity contribution in [2.24, 2.45) is 5.41 Å². The van der Waals surface area contributed by atoms with E-state index in [1.165, 1.54) is 24.6 Å². The number of aromatic nitrogens is 1. The van der Waals surface area contributed by atoms with Gasteiger partial charge >= 0.3 is 18.3 Å². The lowest BCUT2D eigenvalue weighted by Gasteiger charge is -2.22. The van der Waals surface area contributed by atoms with Crippen LogP contribution in [0.5, 0.6) is 5.75 Å². The Kier molecular flexibility index (Phi) is 11.6. The van der Waals surface area contributed by atoms with Gasteiger partial charge in [0.1, 0.15) is 21.6 Å². The molecule has 4 aromatic rings. The number of nitrogens with one attached hydrogen (secondary N) is 1. The van der Waals surface area contributed by atoms with Crippen LogP contribution in [0.15, 0.2) is 58.9 Å². The second-order valence-electron chi connectivity index (χ2n) is 12.7. The number of hydrogen-bond donors (Lipinski definition) is 2. The normalized spacial score (nSPS) is 13.0. The molecule has 264 valence electrons. The van der Waals surface area contributed by atoms with E-state index in [0.29, 0.717) is 24.5 Å². The minimum Gasteiger partial charge on any atom is -0.495 e. The molecule has 0 aliphatic rings. The first kappa shape index (κ1) is 38.0. The molecular weight excluding hydrogens is 694 g/mol. The van der Waals surface area contributed by atoms with Crippen LogP contribution in [-0.2, 0) is 12.4 Å². The quantitative estimate of drug-likeness (QED) is 0.112. The van der Waals surface area contributed by atoms with Crippen LogP contribution >= 0.6 is 23.3 Å². The third-order valence-electron chi connectivity index (χ3n) is 7.93. The highest BCUT2D eigenvalue weighted by Crippen LogP contribution is 2.45. The number of halogens is 7. The maximum atomic E-state index is 14.4. The number of rotatable bonds is 12. The van der Waals surface area contributed by atoms with Crippen molar-refractivity contribution < 1.29 is 45.4 Å². The van der Waals surface area contributed by atoms with E-state index in [4.69, 9.17) is 9.84 Å². The minimum absolute atomic E-state index is 0.00806. The number of methoxy groups -OCH3 is 1. The highest BCUT2D eigenvalue weighted by molar-refractivity contribution is 8.00. The Bertz CT molecular complexity index is 1800. The van der Waals surface area contributed by atoms with Crippen molar-refractivity contribution in [2.75, 3.05) is 11.8 Å². The van der Waals surface area contributed by atoms with E-state index in [-0.39, 0.29) is 49.5 Å². The molecule has 1 atom stereocenters. The molecule has 0 radical (unpaired) electrons. The van der Waals surface area contributed by atoms with Crippen LogP contribution in [0.25, 0.3) is 21.7 Å². The first-order chi connectivity index (χ1) is 22.8. The third-order valence-corrected chi connectivity index (χ3v) is 9.69. The SMILES string of the molecule is CCC(CCCC(C)(C)C)c1ccc(-c2ccc(-c3nc(SNc4cc(F)c(C(=O)O)cc4OC)cs3)c(C(F)(F)F)c2)c(C(F)(F)F)c1. The van der Waals surface area contributed by atoms with Gasteiger partial charge in [0.15, 0.2) is 0 Å². The maximum Gasteiger partial charge on any atom is 0.417 e. The molecule has 1 unspecified atom stereocenters. The average Bonchev–Trinajstić information content (AvgIpc) is 3.49. The number of aromatic carboxylic acids is 1. The molecule has 1 heterocycles. The van der Waals surface area contributed by atoms with Crippen LogP contribution < -0.4 is 9.46 Å². The fourth-order valence-electron chi connectivity index (χ4n) is 5.42. The van der Waals surface area contributed by atoms with Gasteiger partial charge < -0.3 is 14.6 Å². The molecule has 0 aliphatic carbocycles. The van der Waals surface area contributed by atoms with Crippen molar-refractivity contribution in [3.05, 3.63) is 82.0 Å². The highest BCUT2D eigenvalue weighted by Gasteiger charge is 2.37. The van der Waals surface area contributed by atoms with E-state index < -0.39 is 40.8 Å². The van der Waals surface area contributed by atoms with Gasteiger partial charge in [-0.15, -0.1) is 11.3 Å². The Morgan fingerprint density at radius 2 is 1.63 bits per heavy atom. The Hall–Kier alpha value is -3.78. The van der Waals surface area contributed by atoms with Gasteiger partial charge in [-0.1, -0.05) is 58.4 Å². The molecule has 3 aromatic carbocycles. The van der Waals surface area contributed by atoms with Gasteiger partial charge in [0.05, 0.1) is 29.5 Å². The Balaban J connectivity index is 1.65. The van der Waals surface area contributed by atoms with Crippen LogP contribution in [0, 0.1) is 11.2 Å². The average molecular weight is 729 g/mol. The van der Waals surface area contributed by atoms with E-state index in [1.54, 1.807) is 6.07 Å². The van der Waals surface area contributed by atoms with Crippen LogP contribution in [0.1, 0.15) is 86.3 Å². The first-order valence-electron chi connectivity index (χ1n) is 15.2. The molecule has 49 heavy (non-hydrogen) atoms. The number of alkyl halides is 6. The fraction of sp³-hybridized carbons (Fsp3) is 0.371. The van der Waals surface area contributed by atoms with Crippen molar-refractivity contribution in [3.8, 4) is 27.4 Å². The lowest BCUT2D eigenvalue weighted by molar-refractivity contribution is -0.137. The van der Waals surface area contributed by atoms with Crippen molar-refractivity contribution in [1.82, 2.24) is 4.98 Å². The summed E-state index contributed by atoms with van der Waals surface area (Å²) in [6, 6.07) is 8.82. The van der Waals surface area contributed by atoms with Gasteiger partial charge in [0, 0.05) is 29.0 Å². The molecule has 2 N–H and O–H groups in total. The van der Waals surface area contributed by atoms with Crippen LogP contribution in [0.3, 0.4) is 0 Å². The summed E-state index contributed by atoms with van der Waals surface area (Å²) in [7, 11) is 1.25. The summed E-state index contributed by atoms with van der Waals surface area (Å²) in [4.78, 5) is 15.5. The van der Waals surface area contributed by atoms with Crippen molar-refractivity contribution >= 4 is 34.9 Å². The minimum atomic E-state index is -4.92. The lowest BCUT2D eigenvalue weighted by Crippen LogP contribution is -2.11. The standard InChI is InChI=1S/C35H35F7N2O3S2/c1-6-19(8-7-13-33(2,3)4)20-9-11-22(25(14-20)34(37,38)39)21-10-12-23(26(15-21)35(40,41)42)31-43-30(18-48-31)49-44-28-17-27(36)24(32(45)46)16-29(28)47-5/h9-12,14-19,44H,6-8,13H2,1-5H3,(H,45,46). The molecule has 4 rings (SSSR count). The summed E-state index contributed by atoms with van der Waals surface area (Å²) in [6.45, 7) is 8.21. The predicted molar refractivity (Wildman–Crippen MR) is 179 cm³/mol. The van der Waals surface area contributed by atoms with Gasteiger partial charge in [0.25, 0.3) is 0 Å². The molecular formula is C35H35F7N2O3S2. The monoisotopic (exact) mass is 728 g/mol. The van der Waals surface area contributed by atoms with Gasteiger partial charge in [-0.2, -0.15) is 26.3 Å². The Morgan fingerprint density at radius 1 is 0.980 bits per heavy atom. The zero-order valence-electron chi connectivity index (χ0n) is 27.3. The number of nitrogens with zero attached hydrogens (tertiary/aromatic N) is 1. The Labute approximate surface area is 288 Å². The zero-order chi connectivity index (χ0) is 36.3. The second kappa shape index (κ2) is 15.0. The van der Waals surface area contributed by atoms with Crippen LogP contribution in [0.2, 0.25) is 0 Å². The Morgan fingerprint density at radius 3 is 2.22 bits per heavy atom. The molecule has 5 nitrogen and oxygen atoms in total. The number of benzene rings is 3. The van der Waals surface area contributed by atoms with E-state index in [9.17, 15) is 35.5 Å². The first-order valence-corrected chi connectivity index (χ1v) is 16.9. The topological polar surface area (TPSA) is 71.5 Å². The number of carbonyl (C=O) groups is 1. The van der Waals surface area contributed by atoms with Crippen LogP contribution in [-0.4, -0.2) is 23.2 Å². The molecule has 0 aliphatic heterocycles. The highest BCUT2D eigenvalue weighted by atomic mass is 32.2. The summed E-state index contributed by atoms with van der Waals surface area (Å²) in [5, 5.41) is 10.7. The molecule has 1 aromatic heterocycles. The molecule has 0 saturated carbocycles. The fourth-order valence-corrected chi connectivity index (χ4v) is 7.05. The number of carboxylic acids is 1. The van der Waals surface area contributed by atoms with E-state index >= 15 is 0 Å². The van der Waals surface area contributed by atoms with Crippen molar-refractivity contribution in [2.45, 2.75) is 76.7 Å². The van der Waals surface area contributed by atoms with E-state index in [0.717, 1.165) is 60.4 Å². The lowest BCUT2D eigenvalue weighted by atomic mass is 9.84. The largest absolute Gasteiger partial charge is 0.495 e. The third kappa shape index (κ3) is 9.47. The van der Waals surface area contributed by atoms with Crippen molar-refractivity contribution in [3.63, 3.8) is 0 Å². The number of hydrogen-bond acceptors (Lipinski definition) is 6. The number of thiazole rings is 1. The number of carboxylic acid groups (broad SMARTS) is 1. The number of anilines is 1. The maximum absolute atomic E-state index is 14.4. The summed E-state index contributed by atoms with van der Waals surface area (Å²) < 4.78 is 109. The molecule has 0 fully saturated rings. The predicted octanol–water partition coefficient (Wildman–Crippen LogP) is 12.2. The molecule has 0 saturated heterocycles. The zero-order valence-corrected chi connectivity index (χ0v) is 28.9. The summed E-state index contributed by atoms with van der Waals surface area (Å²) in [5.74, 6) is -2.64. The van der Waals surface area contributed by atoms with Gasteiger partial charge in [0.2, 0.25) is 0 Å². The van der Waals surface area contributed by atoms with E-state index in [1.807, 2.05) is 6.92 Å². The molecule has 0 amide bonds. The molecule has 0 bridgehead atoms. The van der Waals surface area contributed by atoms with E-state index in [2.05, 4.69) is 30.5 Å². The molecule has 14 heteroatoms. The van der Waals surface area contributed by atoms with Crippen molar-refractivity contribution in [1.29, 1.82) is 0 Å². The van der Waals surface area contributed by atoms with Gasteiger partial charge in [-0.3, -0.25) is 0 Å². The summed E-state index contributed by atoms with van der Waals surface area (Å²) >= 11 is 1.70. The second-order valence-corrected chi connectivity index (χ2v) is 14.3.